The summed E-state index contributed by atoms with van der Waals surface area (Å²) in [6.45, 7) is 8.14. The largest absolute Gasteiger partial charge is 0.444 e. The Labute approximate surface area is 90.2 Å². The van der Waals surface area contributed by atoms with E-state index in [9.17, 15) is 9.90 Å². The Bertz CT molecular complexity index is 246. The van der Waals surface area contributed by atoms with E-state index in [1.165, 1.54) is 0 Å². The van der Waals surface area contributed by atoms with E-state index in [1.54, 1.807) is 27.7 Å². The van der Waals surface area contributed by atoms with Crippen LogP contribution >= 0.6 is 0 Å². The van der Waals surface area contributed by atoms with Crippen LogP contribution in [-0.4, -0.2) is 41.5 Å². The van der Waals surface area contributed by atoms with Gasteiger partial charge in [-0.1, -0.05) is 0 Å². The van der Waals surface area contributed by atoms with Gasteiger partial charge in [0.05, 0.1) is 11.6 Å². The van der Waals surface area contributed by atoms with Gasteiger partial charge in [-0.05, 0) is 27.7 Å². The Balaban J connectivity index is 2.45. The Kier molecular flexibility index (Phi) is 3.25. The fourth-order valence-electron chi connectivity index (χ4n) is 1.47. The molecule has 0 aliphatic carbocycles. The molecule has 1 saturated heterocycles. The molecular weight excluding hydrogens is 196 g/mol. The molecule has 15 heavy (non-hydrogen) atoms. The van der Waals surface area contributed by atoms with E-state index in [0.717, 1.165) is 0 Å². The highest BCUT2D eigenvalue weighted by molar-refractivity contribution is 5.68. The van der Waals surface area contributed by atoms with Crippen molar-refractivity contribution in [2.24, 2.45) is 0 Å². The van der Waals surface area contributed by atoms with Crippen LogP contribution in [0.5, 0.6) is 0 Å². The molecule has 2 atom stereocenters. The van der Waals surface area contributed by atoms with Crippen LogP contribution in [0.25, 0.3) is 0 Å². The first-order valence-electron chi connectivity index (χ1n) is 5.13. The molecule has 0 aromatic heterocycles. The van der Waals surface area contributed by atoms with Crippen molar-refractivity contribution in [3.63, 3.8) is 0 Å². The number of rotatable bonds is 1. The van der Waals surface area contributed by atoms with E-state index < -0.39 is 17.3 Å². The van der Waals surface area contributed by atoms with E-state index in [2.05, 4.69) is 10.6 Å². The van der Waals surface area contributed by atoms with Crippen LogP contribution in [0, 0.1) is 0 Å². The van der Waals surface area contributed by atoms with Crippen molar-refractivity contribution in [1.29, 1.82) is 0 Å². The van der Waals surface area contributed by atoms with Gasteiger partial charge in [-0.15, -0.1) is 0 Å². The monoisotopic (exact) mass is 216 g/mol. The van der Waals surface area contributed by atoms with Crippen LogP contribution in [0.15, 0.2) is 0 Å². The number of hydrogen-bond acceptors (Lipinski definition) is 4. The van der Waals surface area contributed by atoms with Gasteiger partial charge in [0, 0.05) is 13.1 Å². The van der Waals surface area contributed by atoms with Gasteiger partial charge < -0.3 is 20.5 Å². The minimum Gasteiger partial charge on any atom is -0.444 e. The topological polar surface area (TPSA) is 70.6 Å². The Morgan fingerprint density at radius 2 is 2.20 bits per heavy atom. The number of β-amino-alcohol motifs (C(OH)–C–C–N with tert-alkyl or cyclic N) is 1. The lowest BCUT2D eigenvalue weighted by molar-refractivity contribution is 0.0269. The third-order valence-electron chi connectivity index (χ3n) is 2.27. The molecule has 0 radical (unpaired) electrons. The quantitative estimate of drug-likeness (QED) is 0.587. The molecule has 1 amide bonds. The molecule has 1 heterocycles. The standard InChI is InChI=1S/C10H20N2O3/c1-9(2,3)15-8(13)12-7-5-11-6-10(7,4)14/h7,11,14H,5-6H2,1-4H3,(H,12,13). The second-order valence-corrected chi connectivity index (χ2v) is 5.19. The third kappa shape index (κ3) is 3.68. The molecule has 0 saturated carbocycles. The van der Waals surface area contributed by atoms with Crippen molar-refractivity contribution in [1.82, 2.24) is 10.6 Å². The molecule has 0 bridgehead atoms. The third-order valence-corrected chi connectivity index (χ3v) is 2.27. The molecule has 3 N–H and O–H groups in total. The van der Waals surface area contributed by atoms with Gasteiger partial charge in [-0.3, -0.25) is 0 Å². The fraction of sp³-hybridized carbons (Fsp3) is 0.900. The minimum atomic E-state index is -0.906. The maximum Gasteiger partial charge on any atom is 0.408 e. The van der Waals surface area contributed by atoms with Crippen molar-refractivity contribution < 1.29 is 14.6 Å². The van der Waals surface area contributed by atoms with Gasteiger partial charge in [0.2, 0.25) is 0 Å². The second-order valence-electron chi connectivity index (χ2n) is 5.19. The number of hydrogen-bond donors (Lipinski definition) is 3. The molecular formula is C10H20N2O3. The summed E-state index contributed by atoms with van der Waals surface area (Å²) in [5, 5.41) is 15.5. The normalized spacial score (nSPS) is 31.4. The van der Waals surface area contributed by atoms with Crippen molar-refractivity contribution >= 4 is 6.09 Å². The van der Waals surface area contributed by atoms with Gasteiger partial charge in [0.15, 0.2) is 0 Å². The Hall–Kier alpha value is -0.810. The number of ether oxygens (including phenoxy) is 1. The summed E-state index contributed by atoms with van der Waals surface area (Å²) < 4.78 is 5.10. The molecule has 0 spiro atoms. The zero-order chi connectivity index (χ0) is 11.7. The predicted octanol–water partition coefficient (Wildman–Crippen LogP) is 0.234. The average Bonchev–Trinajstić information content (AvgIpc) is 2.26. The lowest BCUT2D eigenvalue weighted by Gasteiger charge is -2.27. The molecule has 1 fully saturated rings. The first-order chi connectivity index (χ1) is 6.71. The van der Waals surface area contributed by atoms with Gasteiger partial charge in [-0.2, -0.15) is 0 Å². The second kappa shape index (κ2) is 3.98. The Morgan fingerprint density at radius 1 is 1.60 bits per heavy atom. The molecule has 1 rings (SSSR count). The van der Waals surface area contributed by atoms with Crippen LogP contribution in [-0.2, 0) is 4.74 Å². The first-order valence-corrected chi connectivity index (χ1v) is 5.13. The summed E-state index contributed by atoms with van der Waals surface area (Å²) in [7, 11) is 0. The van der Waals surface area contributed by atoms with Crippen molar-refractivity contribution in [3.8, 4) is 0 Å². The van der Waals surface area contributed by atoms with Gasteiger partial charge in [-0.25, -0.2) is 4.79 Å². The highest BCUT2D eigenvalue weighted by Crippen LogP contribution is 2.15. The zero-order valence-electron chi connectivity index (χ0n) is 9.76. The summed E-state index contributed by atoms with van der Waals surface area (Å²) in [5.41, 5.74) is -1.42. The number of amides is 1. The summed E-state index contributed by atoms with van der Waals surface area (Å²) in [5.74, 6) is 0. The van der Waals surface area contributed by atoms with Crippen LogP contribution < -0.4 is 10.6 Å². The van der Waals surface area contributed by atoms with Gasteiger partial charge in [0.25, 0.3) is 0 Å². The van der Waals surface area contributed by atoms with Crippen LogP contribution in [0.2, 0.25) is 0 Å². The predicted molar refractivity (Wildman–Crippen MR) is 56.7 cm³/mol. The van der Waals surface area contributed by atoms with Gasteiger partial charge in [0.1, 0.15) is 5.60 Å². The minimum absolute atomic E-state index is 0.299. The molecule has 0 aromatic carbocycles. The summed E-state index contributed by atoms with van der Waals surface area (Å²) in [4.78, 5) is 11.4. The number of carbonyl (C=O) groups is 1. The van der Waals surface area contributed by atoms with Gasteiger partial charge >= 0.3 is 6.09 Å². The van der Waals surface area contributed by atoms with Crippen molar-refractivity contribution in [3.05, 3.63) is 0 Å². The molecule has 2 unspecified atom stereocenters. The van der Waals surface area contributed by atoms with E-state index in [0.29, 0.717) is 13.1 Å². The first kappa shape index (κ1) is 12.3. The Morgan fingerprint density at radius 3 is 2.60 bits per heavy atom. The number of nitrogens with one attached hydrogen (secondary N) is 2. The lowest BCUT2D eigenvalue weighted by Crippen LogP contribution is -2.51. The molecule has 88 valence electrons. The van der Waals surface area contributed by atoms with Crippen LogP contribution in [0.1, 0.15) is 27.7 Å². The fourth-order valence-corrected chi connectivity index (χ4v) is 1.47. The molecule has 1 aliphatic heterocycles. The SMILES string of the molecule is CC(C)(C)OC(=O)NC1CNCC1(C)O. The number of alkyl carbamates (subject to hydrolysis) is 1. The van der Waals surface area contributed by atoms with Crippen LogP contribution in [0.4, 0.5) is 4.79 Å². The van der Waals surface area contributed by atoms with Crippen LogP contribution in [0.3, 0.4) is 0 Å². The number of aliphatic hydroxyl groups is 1. The molecule has 5 nitrogen and oxygen atoms in total. The van der Waals surface area contributed by atoms with Crippen molar-refractivity contribution in [2.45, 2.75) is 44.9 Å². The van der Waals surface area contributed by atoms with E-state index in [4.69, 9.17) is 4.74 Å². The molecule has 0 aromatic rings. The van der Waals surface area contributed by atoms with Crippen molar-refractivity contribution in [2.75, 3.05) is 13.1 Å². The highest BCUT2D eigenvalue weighted by Gasteiger charge is 2.38. The zero-order valence-corrected chi connectivity index (χ0v) is 9.76. The van der Waals surface area contributed by atoms with E-state index >= 15 is 0 Å². The maximum absolute atomic E-state index is 11.4. The average molecular weight is 216 g/mol. The molecule has 5 heteroatoms. The number of carbonyl (C=O) groups excluding carboxylic acids is 1. The van der Waals surface area contributed by atoms with E-state index in [1.807, 2.05) is 0 Å². The summed E-state index contributed by atoms with van der Waals surface area (Å²) in [6.07, 6.45) is -0.489. The smallest absolute Gasteiger partial charge is 0.408 e. The highest BCUT2D eigenvalue weighted by atomic mass is 16.6. The molecule has 1 aliphatic rings. The summed E-state index contributed by atoms with van der Waals surface area (Å²) >= 11 is 0. The van der Waals surface area contributed by atoms with E-state index in [-0.39, 0.29) is 6.04 Å². The lowest BCUT2D eigenvalue weighted by atomic mass is 10.0. The summed E-state index contributed by atoms with van der Waals surface area (Å²) in [6, 6.07) is -0.299. The maximum atomic E-state index is 11.4.